The van der Waals surface area contributed by atoms with E-state index < -0.39 is 6.29 Å². The smallest absolute Gasteiger partial charge is 0.161 e. The highest BCUT2D eigenvalue weighted by Crippen LogP contribution is 2.46. The van der Waals surface area contributed by atoms with Crippen LogP contribution in [0, 0.1) is 11.8 Å². The Morgan fingerprint density at radius 3 is 2.71 bits per heavy atom. The Labute approximate surface area is 102 Å². The van der Waals surface area contributed by atoms with E-state index in [1.54, 1.807) is 6.08 Å². The van der Waals surface area contributed by atoms with E-state index in [0.29, 0.717) is 5.92 Å². The van der Waals surface area contributed by atoms with Crippen molar-refractivity contribution in [2.45, 2.75) is 46.0 Å². The van der Waals surface area contributed by atoms with Crippen molar-refractivity contribution < 1.29 is 14.6 Å². The van der Waals surface area contributed by atoms with Gasteiger partial charge in [0.1, 0.15) is 0 Å². The van der Waals surface area contributed by atoms with Crippen LogP contribution in [0.3, 0.4) is 0 Å². The number of carbonyl (C=O) groups is 1. The molecule has 4 atom stereocenters. The van der Waals surface area contributed by atoms with Crippen molar-refractivity contribution in [3.63, 3.8) is 0 Å². The van der Waals surface area contributed by atoms with Gasteiger partial charge in [-0.2, -0.15) is 0 Å². The van der Waals surface area contributed by atoms with Gasteiger partial charge in [0.25, 0.3) is 0 Å². The molecule has 0 aromatic carbocycles. The third-order valence-electron chi connectivity index (χ3n) is 3.63. The molecular formula is C14H20O3. The monoisotopic (exact) mass is 236 g/mol. The standard InChI is InChI=1S/C14H20O3/c1-8-6-12(8)13-7-10(3)17-14(16)11(13)5-4-9(2)15/h4-5,10-11,13-14,16H,6-7H2,1-3H3/b5-4+/t10?,11-,13?,14?/m1/s1. The van der Waals surface area contributed by atoms with E-state index in [1.807, 2.05) is 13.0 Å². The minimum absolute atomic E-state index is 0.0103. The first-order valence-corrected chi connectivity index (χ1v) is 6.20. The number of carbonyl (C=O) groups excluding carboxylic acids is 1. The second-order valence-corrected chi connectivity index (χ2v) is 5.21. The van der Waals surface area contributed by atoms with Crippen LogP contribution in [0.5, 0.6) is 0 Å². The molecular weight excluding hydrogens is 216 g/mol. The van der Waals surface area contributed by atoms with Crippen molar-refractivity contribution in [1.29, 1.82) is 0 Å². The zero-order valence-electron chi connectivity index (χ0n) is 10.6. The molecule has 0 amide bonds. The summed E-state index contributed by atoms with van der Waals surface area (Å²) in [5, 5.41) is 9.98. The fourth-order valence-electron chi connectivity index (χ4n) is 2.64. The summed E-state index contributed by atoms with van der Waals surface area (Å²) in [6.45, 7) is 5.64. The first-order valence-electron chi connectivity index (χ1n) is 6.20. The summed E-state index contributed by atoms with van der Waals surface area (Å²) in [5.41, 5.74) is 2.87. The average Bonchev–Trinajstić information content (AvgIpc) is 2.92. The topological polar surface area (TPSA) is 46.5 Å². The molecule has 0 spiro atoms. The lowest BCUT2D eigenvalue weighted by molar-refractivity contribution is -0.189. The summed E-state index contributed by atoms with van der Waals surface area (Å²) in [5.74, 6) is 0.267. The first-order chi connectivity index (χ1) is 7.99. The van der Waals surface area contributed by atoms with Gasteiger partial charge in [0, 0.05) is 5.92 Å². The van der Waals surface area contributed by atoms with Crippen LogP contribution in [-0.4, -0.2) is 23.3 Å². The van der Waals surface area contributed by atoms with Crippen LogP contribution >= 0.6 is 0 Å². The van der Waals surface area contributed by atoms with E-state index in [1.165, 1.54) is 18.1 Å². The predicted molar refractivity (Wildman–Crippen MR) is 65.3 cm³/mol. The number of ketones is 1. The minimum atomic E-state index is -0.791. The van der Waals surface area contributed by atoms with Crippen LogP contribution < -0.4 is 0 Å². The van der Waals surface area contributed by atoms with Crippen LogP contribution in [0.2, 0.25) is 0 Å². The fraction of sp³-hybridized carbons (Fsp3) is 0.643. The minimum Gasteiger partial charge on any atom is -0.367 e. The van der Waals surface area contributed by atoms with Crippen LogP contribution in [0.15, 0.2) is 23.3 Å². The molecule has 1 N–H and O–H groups in total. The fourth-order valence-corrected chi connectivity index (χ4v) is 2.64. The van der Waals surface area contributed by atoms with Crippen molar-refractivity contribution in [3.8, 4) is 0 Å². The Bertz CT molecular complexity index is 381. The molecule has 1 fully saturated rings. The molecule has 94 valence electrons. The maximum Gasteiger partial charge on any atom is 0.161 e. The van der Waals surface area contributed by atoms with E-state index >= 15 is 0 Å². The van der Waals surface area contributed by atoms with Crippen molar-refractivity contribution in [3.05, 3.63) is 23.3 Å². The molecule has 3 nitrogen and oxygen atoms in total. The van der Waals surface area contributed by atoms with E-state index in [2.05, 4.69) is 6.92 Å². The Hall–Kier alpha value is -0.930. The number of rotatable bonds is 3. The van der Waals surface area contributed by atoms with Crippen LogP contribution in [-0.2, 0) is 9.53 Å². The number of ether oxygens (including phenoxy) is 1. The summed E-state index contributed by atoms with van der Waals surface area (Å²) in [4.78, 5) is 11.0. The molecule has 0 bridgehead atoms. The predicted octanol–water partition coefficient (Wildman–Crippen LogP) is 2.21. The average molecular weight is 236 g/mol. The normalized spacial score (nSPS) is 37.6. The second kappa shape index (κ2) is 4.75. The number of aliphatic hydroxyl groups excluding tert-OH is 1. The zero-order valence-corrected chi connectivity index (χ0v) is 10.6. The SMILES string of the molecule is CC(=O)/C=C/[C@H]1C(O)OC(C)CC1C1=C(C)C1. The molecule has 1 saturated heterocycles. The molecule has 2 rings (SSSR count). The Balaban J connectivity index is 2.15. The van der Waals surface area contributed by atoms with E-state index in [4.69, 9.17) is 4.74 Å². The summed E-state index contributed by atoms with van der Waals surface area (Å²) >= 11 is 0. The molecule has 3 heteroatoms. The quantitative estimate of drug-likeness (QED) is 0.603. The van der Waals surface area contributed by atoms with Gasteiger partial charge in [0.15, 0.2) is 12.1 Å². The van der Waals surface area contributed by atoms with Crippen molar-refractivity contribution >= 4 is 5.78 Å². The van der Waals surface area contributed by atoms with Gasteiger partial charge < -0.3 is 9.84 Å². The molecule has 1 aliphatic heterocycles. The summed E-state index contributed by atoms with van der Waals surface area (Å²) < 4.78 is 5.44. The Morgan fingerprint density at radius 2 is 2.18 bits per heavy atom. The van der Waals surface area contributed by atoms with Gasteiger partial charge in [-0.15, -0.1) is 0 Å². The number of aliphatic hydroxyl groups is 1. The molecule has 0 radical (unpaired) electrons. The van der Waals surface area contributed by atoms with E-state index in [-0.39, 0.29) is 17.8 Å². The Morgan fingerprint density at radius 1 is 1.53 bits per heavy atom. The van der Waals surface area contributed by atoms with Crippen LogP contribution in [0.25, 0.3) is 0 Å². The van der Waals surface area contributed by atoms with Gasteiger partial charge in [-0.25, -0.2) is 0 Å². The summed E-state index contributed by atoms with van der Waals surface area (Å²) in [6, 6.07) is 0. The maximum absolute atomic E-state index is 11.0. The largest absolute Gasteiger partial charge is 0.367 e. The van der Waals surface area contributed by atoms with Crippen molar-refractivity contribution in [1.82, 2.24) is 0 Å². The number of allylic oxidation sites excluding steroid dienone is 3. The third kappa shape index (κ3) is 2.85. The van der Waals surface area contributed by atoms with Gasteiger partial charge in [-0.05, 0) is 45.6 Å². The van der Waals surface area contributed by atoms with E-state index in [9.17, 15) is 9.90 Å². The van der Waals surface area contributed by atoms with Gasteiger partial charge in [0.05, 0.1) is 6.10 Å². The Kier molecular flexibility index (Phi) is 3.50. The first kappa shape index (κ1) is 12.5. The second-order valence-electron chi connectivity index (χ2n) is 5.21. The molecule has 3 unspecified atom stereocenters. The summed E-state index contributed by atoms with van der Waals surface area (Å²) in [7, 11) is 0. The lowest BCUT2D eigenvalue weighted by atomic mass is 9.82. The van der Waals surface area contributed by atoms with Gasteiger partial charge in [-0.1, -0.05) is 17.2 Å². The highest BCUT2D eigenvalue weighted by Gasteiger charge is 2.40. The number of hydrogen-bond acceptors (Lipinski definition) is 3. The highest BCUT2D eigenvalue weighted by atomic mass is 16.6. The van der Waals surface area contributed by atoms with Gasteiger partial charge in [0.2, 0.25) is 0 Å². The highest BCUT2D eigenvalue weighted by molar-refractivity contribution is 5.87. The molecule has 17 heavy (non-hydrogen) atoms. The molecule has 1 aliphatic carbocycles. The van der Waals surface area contributed by atoms with Crippen molar-refractivity contribution in [2.24, 2.45) is 11.8 Å². The maximum atomic E-state index is 11.0. The van der Waals surface area contributed by atoms with Gasteiger partial charge in [-0.3, -0.25) is 4.79 Å². The molecule has 0 saturated carbocycles. The lowest BCUT2D eigenvalue weighted by Gasteiger charge is -2.36. The molecule has 0 aromatic rings. The zero-order chi connectivity index (χ0) is 12.6. The molecule has 0 aromatic heterocycles. The lowest BCUT2D eigenvalue weighted by Crippen LogP contribution is -2.39. The van der Waals surface area contributed by atoms with Gasteiger partial charge >= 0.3 is 0 Å². The molecule has 1 heterocycles. The van der Waals surface area contributed by atoms with Crippen molar-refractivity contribution in [2.75, 3.05) is 0 Å². The third-order valence-corrected chi connectivity index (χ3v) is 3.63. The molecule has 2 aliphatic rings. The van der Waals surface area contributed by atoms with Crippen LogP contribution in [0.4, 0.5) is 0 Å². The summed E-state index contributed by atoms with van der Waals surface area (Å²) in [6.07, 6.45) is 4.64. The number of hydrogen-bond donors (Lipinski definition) is 1. The van der Waals surface area contributed by atoms with Crippen LogP contribution in [0.1, 0.15) is 33.6 Å². The van der Waals surface area contributed by atoms with E-state index in [0.717, 1.165) is 12.8 Å².